The lowest BCUT2D eigenvalue weighted by atomic mass is 10.0. The quantitative estimate of drug-likeness (QED) is 0.904. The molecule has 1 fully saturated rings. The summed E-state index contributed by atoms with van der Waals surface area (Å²) < 4.78 is 27.7. The number of piperidine rings is 1. The summed E-state index contributed by atoms with van der Waals surface area (Å²) in [5.41, 5.74) is 0. The number of hydrogen-bond donors (Lipinski definition) is 1. The third kappa shape index (κ3) is 2.83. The first-order valence-electron chi connectivity index (χ1n) is 6.32. The van der Waals surface area contributed by atoms with E-state index in [0.717, 1.165) is 24.2 Å². The zero-order valence-electron chi connectivity index (χ0n) is 10.8. The number of nitrogens with zero attached hydrogens (tertiary/aromatic N) is 3. The molecule has 1 atom stereocenters. The van der Waals surface area contributed by atoms with Crippen LogP contribution in [0.25, 0.3) is 0 Å². The highest BCUT2D eigenvalue weighted by atomic mass is 35.5. The molecule has 1 unspecified atom stereocenters. The summed E-state index contributed by atoms with van der Waals surface area (Å²) in [4.78, 5) is 4.16. The van der Waals surface area contributed by atoms with Crippen molar-refractivity contribution in [1.29, 1.82) is 0 Å². The summed E-state index contributed by atoms with van der Waals surface area (Å²) in [5.74, 6) is 0.552. The minimum atomic E-state index is -3.71. The SMILES string of the molecule is O=S(=O)(c1cc(Cl)sc1Cl)N1CCCCC1c1ncn[nH]1. The van der Waals surface area contributed by atoms with Crippen molar-refractivity contribution >= 4 is 44.6 Å². The average molecular weight is 367 g/mol. The highest BCUT2D eigenvalue weighted by Crippen LogP contribution is 2.40. The van der Waals surface area contributed by atoms with E-state index in [1.807, 2.05) is 0 Å². The maximum absolute atomic E-state index is 12.9. The van der Waals surface area contributed by atoms with Gasteiger partial charge in [0.15, 0.2) is 0 Å². The van der Waals surface area contributed by atoms with E-state index in [4.69, 9.17) is 23.2 Å². The Kier molecular flexibility index (Phi) is 4.24. The molecule has 1 aliphatic rings. The van der Waals surface area contributed by atoms with Crippen molar-refractivity contribution in [2.24, 2.45) is 0 Å². The second-order valence-electron chi connectivity index (χ2n) is 4.69. The molecule has 3 rings (SSSR count). The zero-order valence-corrected chi connectivity index (χ0v) is 13.9. The van der Waals surface area contributed by atoms with Crippen LogP contribution < -0.4 is 0 Å². The molecule has 114 valence electrons. The highest BCUT2D eigenvalue weighted by Gasteiger charge is 2.37. The smallest absolute Gasteiger partial charge is 0.246 e. The van der Waals surface area contributed by atoms with Gasteiger partial charge in [-0.2, -0.15) is 9.40 Å². The Morgan fingerprint density at radius 2 is 2.19 bits per heavy atom. The number of rotatable bonds is 3. The molecule has 0 amide bonds. The van der Waals surface area contributed by atoms with Crippen LogP contribution in [0.3, 0.4) is 0 Å². The van der Waals surface area contributed by atoms with Crippen molar-refractivity contribution in [2.45, 2.75) is 30.2 Å². The standard InChI is InChI=1S/C11H12Cl2N4O2S2/c12-9-5-8(10(13)20-9)21(18,19)17-4-2-1-3-7(17)11-14-6-15-16-11/h5-7H,1-4H2,(H,14,15,16). The third-order valence-electron chi connectivity index (χ3n) is 3.42. The maximum atomic E-state index is 12.9. The summed E-state index contributed by atoms with van der Waals surface area (Å²) in [5, 5.41) is 6.56. The first-order valence-corrected chi connectivity index (χ1v) is 9.33. The Morgan fingerprint density at radius 1 is 1.38 bits per heavy atom. The van der Waals surface area contributed by atoms with E-state index in [1.165, 1.54) is 16.7 Å². The number of aromatic amines is 1. The zero-order chi connectivity index (χ0) is 15.0. The number of nitrogens with one attached hydrogen (secondary N) is 1. The van der Waals surface area contributed by atoms with Crippen molar-refractivity contribution in [3.8, 4) is 0 Å². The van der Waals surface area contributed by atoms with E-state index < -0.39 is 10.0 Å². The van der Waals surface area contributed by atoms with Gasteiger partial charge in [-0.3, -0.25) is 5.10 Å². The molecule has 6 nitrogen and oxygen atoms in total. The second-order valence-corrected chi connectivity index (χ2v) is 8.83. The molecular weight excluding hydrogens is 355 g/mol. The topological polar surface area (TPSA) is 79.0 Å². The van der Waals surface area contributed by atoms with Gasteiger partial charge in [0.1, 0.15) is 21.4 Å². The van der Waals surface area contributed by atoms with E-state index in [9.17, 15) is 8.42 Å². The average Bonchev–Trinajstić information content (AvgIpc) is 3.08. The van der Waals surface area contributed by atoms with Gasteiger partial charge in [0, 0.05) is 6.54 Å². The van der Waals surface area contributed by atoms with Crippen LogP contribution in [0.15, 0.2) is 17.3 Å². The van der Waals surface area contributed by atoms with Crippen LogP contribution in [0.4, 0.5) is 0 Å². The lowest BCUT2D eigenvalue weighted by molar-refractivity contribution is 0.247. The number of thiophene rings is 1. The molecule has 1 aliphatic heterocycles. The Bertz CT molecular complexity index is 729. The molecule has 0 radical (unpaired) electrons. The van der Waals surface area contributed by atoms with Crippen LogP contribution in [-0.4, -0.2) is 34.4 Å². The second kappa shape index (κ2) is 5.85. The monoisotopic (exact) mass is 366 g/mol. The molecule has 0 bridgehead atoms. The molecule has 1 saturated heterocycles. The van der Waals surface area contributed by atoms with Gasteiger partial charge in [-0.05, 0) is 18.9 Å². The van der Waals surface area contributed by atoms with E-state index in [2.05, 4.69) is 15.2 Å². The van der Waals surface area contributed by atoms with Gasteiger partial charge in [0.25, 0.3) is 0 Å². The largest absolute Gasteiger partial charge is 0.262 e. The number of hydrogen-bond acceptors (Lipinski definition) is 5. The van der Waals surface area contributed by atoms with Crippen molar-refractivity contribution in [3.63, 3.8) is 0 Å². The van der Waals surface area contributed by atoms with Gasteiger partial charge in [-0.1, -0.05) is 29.6 Å². The highest BCUT2D eigenvalue weighted by molar-refractivity contribution is 7.89. The van der Waals surface area contributed by atoms with Crippen LogP contribution in [0, 0.1) is 0 Å². The van der Waals surface area contributed by atoms with E-state index in [1.54, 1.807) is 0 Å². The molecule has 2 aromatic rings. The van der Waals surface area contributed by atoms with Crippen molar-refractivity contribution in [3.05, 3.63) is 26.9 Å². The molecular formula is C11H12Cl2N4O2S2. The fourth-order valence-electron chi connectivity index (χ4n) is 2.47. The van der Waals surface area contributed by atoms with Gasteiger partial charge in [-0.15, -0.1) is 11.3 Å². The summed E-state index contributed by atoms with van der Waals surface area (Å²) in [6, 6.07) is 1.05. The first kappa shape index (κ1) is 15.2. The Hall–Kier alpha value is -0.670. The fourth-order valence-corrected chi connectivity index (χ4v) is 6.24. The molecule has 0 saturated carbocycles. The number of aromatic nitrogens is 3. The molecule has 3 heterocycles. The Morgan fingerprint density at radius 3 is 2.81 bits per heavy atom. The van der Waals surface area contributed by atoms with Gasteiger partial charge in [0.2, 0.25) is 10.0 Å². The van der Waals surface area contributed by atoms with Crippen LogP contribution in [0.2, 0.25) is 8.67 Å². The fraction of sp³-hybridized carbons (Fsp3) is 0.455. The van der Waals surface area contributed by atoms with Crippen LogP contribution in [-0.2, 0) is 10.0 Å². The normalized spacial score (nSPS) is 20.8. The number of sulfonamides is 1. The Labute approximate surface area is 136 Å². The summed E-state index contributed by atoms with van der Waals surface area (Å²) >= 11 is 12.9. The number of halogens is 2. The molecule has 10 heteroatoms. The summed E-state index contributed by atoms with van der Waals surface area (Å²) in [6.07, 6.45) is 3.82. The first-order chi connectivity index (χ1) is 10.00. The molecule has 1 N–H and O–H groups in total. The summed E-state index contributed by atoms with van der Waals surface area (Å²) in [7, 11) is -3.71. The molecule has 2 aromatic heterocycles. The van der Waals surface area contributed by atoms with E-state index in [0.29, 0.717) is 23.1 Å². The van der Waals surface area contributed by atoms with Crippen molar-refractivity contribution in [2.75, 3.05) is 6.54 Å². The molecule has 0 aliphatic carbocycles. The minimum absolute atomic E-state index is 0.0607. The molecule has 21 heavy (non-hydrogen) atoms. The minimum Gasteiger partial charge on any atom is -0.262 e. The maximum Gasteiger partial charge on any atom is 0.246 e. The summed E-state index contributed by atoms with van der Waals surface area (Å²) in [6.45, 7) is 0.428. The van der Waals surface area contributed by atoms with Gasteiger partial charge in [-0.25, -0.2) is 13.4 Å². The van der Waals surface area contributed by atoms with E-state index >= 15 is 0 Å². The van der Waals surface area contributed by atoms with Gasteiger partial charge < -0.3 is 0 Å². The number of H-pyrrole nitrogens is 1. The van der Waals surface area contributed by atoms with Crippen LogP contribution in [0.1, 0.15) is 31.1 Å². The molecule has 0 aromatic carbocycles. The van der Waals surface area contributed by atoms with Crippen LogP contribution in [0.5, 0.6) is 0 Å². The lowest BCUT2D eigenvalue weighted by Gasteiger charge is -2.33. The Balaban J connectivity index is 2.01. The van der Waals surface area contributed by atoms with Crippen molar-refractivity contribution in [1.82, 2.24) is 19.5 Å². The van der Waals surface area contributed by atoms with E-state index in [-0.39, 0.29) is 15.3 Å². The van der Waals surface area contributed by atoms with Gasteiger partial charge >= 0.3 is 0 Å². The van der Waals surface area contributed by atoms with Crippen molar-refractivity contribution < 1.29 is 8.42 Å². The predicted molar refractivity (Wildman–Crippen MR) is 81.2 cm³/mol. The third-order valence-corrected chi connectivity index (χ3v) is 7.08. The van der Waals surface area contributed by atoms with Gasteiger partial charge in [0.05, 0.1) is 10.4 Å². The lowest BCUT2D eigenvalue weighted by Crippen LogP contribution is -2.38. The predicted octanol–water partition coefficient (Wildman–Crippen LogP) is 3.09. The van der Waals surface area contributed by atoms with Crippen LogP contribution >= 0.6 is 34.5 Å². The molecule has 0 spiro atoms.